The molecule has 1 aliphatic rings. The van der Waals surface area contributed by atoms with Gasteiger partial charge in [-0.05, 0) is 61.7 Å². The van der Waals surface area contributed by atoms with E-state index >= 15 is 0 Å². The maximum atomic E-state index is 10.9. The van der Waals surface area contributed by atoms with E-state index in [1.54, 1.807) is 6.07 Å². The van der Waals surface area contributed by atoms with Gasteiger partial charge in [0.05, 0.1) is 11.2 Å². The number of phenolic OH excluding ortho intramolecular Hbond substituents is 1. The molecule has 0 amide bonds. The summed E-state index contributed by atoms with van der Waals surface area (Å²) in [6.07, 6.45) is 4.91. The van der Waals surface area contributed by atoms with Gasteiger partial charge in [-0.2, -0.15) is 5.10 Å². The number of aromatic hydroxyl groups is 1. The van der Waals surface area contributed by atoms with Gasteiger partial charge in [0, 0.05) is 50.4 Å². The van der Waals surface area contributed by atoms with Crippen molar-refractivity contribution >= 4 is 22.5 Å². The van der Waals surface area contributed by atoms with Crippen LogP contribution in [-0.4, -0.2) is 57.5 Å². The first-order chi connectivity index (χ1) is 15.9. The molecule has 0 aliphatic carbocycles. The molecule has 2 heterocycles. The quantitative estimate of drug-likeness (QED) is 0.349. The van der Waals surface area contributed by atoms with Crippen LogP contribution < -0.4 is 5.32 Å². The highest BCUT2D eigenvalue weighted by atomic mass is 16.3. The average Bonchev–Trinajstić information content (AvgIpc) is 3.21. The molecule has 1 aromatic heterocycles. The molecule has 0 bridgehead atoms. The van der Waals surface area contributed by atoms with E-state index in [4.69, 9.17) is 0 Å². The summed E-state index contributed by atoms with van der Waals surface area (Å²) >= 11 is 0. The fourth-order valence-electron chi connectivity index (χ4n) is 3.93. The standard InChI is InChI=1S/C26H32N6O/c1-5-18(2)14-25(29-28-19(3)32-12-10-27-11-13-32)23-8-6-21(16-26(23)33)20-7-9-24-22(15-20)17-31(4)30-24/h6-9,14-17,27,33H,5,10-13H2,1-4H3/b18-14?,28-19+,29-25+. The van der Waals surface area contributed by atoms with Crippen LogP contribution in [0.1, 0.15) is 32.8 Å². The van der Waals surface area contributed by atoms with Crippen molar-refractivity contribution in [3.8, 4) is 16.9 Å². The molecule has 2 aromatic carbocycles. The maximum Gasteiger partial charge on any atom is 0.125 e. The van der Waals surface area contributed by atoms with Gasteiger partial charge < -0.3 is 15.3 Å². The molecule has 7 nitrogen and oxygen atoms in total. The number of aryl methyl sites for hydroxylation is 1. The zero-order valence-corrected chi connectivity index (χ0v) is 19.8. The van der Waals surface area contributed by atoms with Gasteiger partial charge in [0.1, 0.15) is 11.6 Å². The number of benzene rings is 2. The van der Waals surface area contributed by atoms with Crippen LogP contribution >= 0.6 is 0 Å². The minimum atomic E-state index is 0.188. The van der Waals surface area contributed by atoms with E-state index in [2.05, 4.69) is 45.4 Å². The molecule has 1 saturated heterocycles. The molecule has 4 rings (SSSR count). The number of hydrogen-bond donors (Lipinski definition) is 2. The Balaban J connectivity index is 1.67. The Bertz CT molecular complexity index is 1230. The summed E-state index contributed by atoms with van der Waals surface area (Å²) in [6.45, 7) is 9.90. The van der Waals surface area contributed by atoms with Crippen molar-refractivity contribution in [2.24, 2.45) is 17.3 Å². The lowest BCUT2D eigenvalue weighted by Gasteiger charge is -2.28. The van der Waals surface area contributed by atoms with E-state index in [0.717, 1.165) is 60.5 Å². The number of rotatable bonds is 5. The van der Waals surface area contributed by atoms with Crippen molar-refractivity contribution in [2.75, 3.05) is 26.2 Å². The van der Waals surface area contributed by atoms with Gasteiger partial charge in [-0.25, -0.2) is 0 Å². The molecule has 172 valence electrons. The lowest BCUT2D eigenvalue weighted by molar-refractivity contribution is 0.355. The summed E-state index contributed by atoms with van der Waals surface area (Å²) in [5.41, 5.74) is 5.44. The second kappa shape index (κ2) is 10.0. The Kier molecular flexibility index (Phi) is 6.89. The van der Waals surface area contributed by atoms with Crippen molar-refractivity contribution < 1.29 is 5.11 Å². The molecular weight excluding hydrogens is 412 g/mol. The highest BCUT2D eigenvalue weighted by Crippen LogP contribution is 2.29. The highest BCUT2D eigenvalue weighted by molar-refractivity contribution is 6.11. The van der Waals surface area contributed by atoms with Gasteiger partial charge in [-0.3, -0.25) is 4.68 Å². The van der Waals surface area contributed by atoms with Crippen LogP contribution in [0.5, 0.6) is 5.75 Å². The molecule has 1 aliphatic heterocycles. The van der Waals surface area contributed by atoms with E-state index in [9.17, 15) is 5.11 Å². The molecule has 0 spiro atoms. The smallest absolute Gasteiger partial charge is 0.125 e. The van der Waals surface area contributed by atoms with Crippen LogP contribution in [0.15, 0.2) is 64.4 Å². The number of allylic oxidation sites excluding steroid dienone is 2. The highest BCUT2D eigenvalue weighted by Gasteiger charge is 2.13. The summed E-state index contributed by atoms with van der Waals surface area (Å²) in [6, 6.07) is 11.9. The first-order valence-corrected chi connectivity index (χ1v) is 11.5. The van der Waals surface area contributed by atoms with E-state index in [0.29, 0.717) is 11.3 Å². The Morgan fingerprint density at radius 1 is 1.09 bits per heavy atom. The Morgan fingerprint density at radius 2 is 1.82 bits per heavy atom. The zero-order chi connectivity index (χ0) is 23.4. The number of phenols is 1. The van der Waals surface area contributed by atoms with Gasteiger partial charge in [0.2, 0.25) is 0 Å². The monoisotopic (exact) mass is 444 g/mol. The SMILES string of the molecule is CCC(C)=C/C(=N\N=C(/C)N1CCNCC1)c1ccc(-c2ccc3nn(C)cc3c2)cc1O. The lowest BCUT2D eigenvalue weighted by Crippen LogP contribution is -2.45. The third-order valence-corrected chi connectivity index (χ3v) is 6.04. The Morgan fingerprint density at radius 3 is 2.55 bits per heavy atom. The average molecular weight is 445 g/mol. The zero-order valence-electron chi connectivity index (χ0n) is 19.8. The number of hydrogen-bond acceptors (Lipinski definition) is 5. The normalized spacial score (nSPS) is 16.0. The number of nitrogens with one attached hydrogen (secondary N) is 1. The third-order valence-electron chi connectivity index (χ3n) is 6.04. The van der Waals surface area contributed by atoms with Crippen molar-refractivity contribution in [1.29, 1.82) is 0 Å². The Labute approximate surface area is 195 Å². The van der Waals surface area contributed by atoms with Crippen molar-refractivity contribution in [2.45, 2.75) is 27.2 Å². The second-order valence-corrected chi connectivity index (χ2v) is 8.52. The van der Waals surface area contributed by atoms with Crippen molar-refractivity contribution in [3.63, 3.8) is 0 Å². The van der Waals surface area contributed by atoms with E-state index in [1.165, 1.54) is 5.57 Å². The van der Waals surface area contributed by atoms with Crippen molar-refractivity contribution in [1.82, 2.24) is 20.0 Å². The van der Waals surface area contributed by atoms with E-state index in [1.807, 2.05) is 55.2 Å². The first-order valence-electron chi connectivity index (χ1n) is 11.5. The first kappa shape index (κ1) is 22.7. The molecule has 7 heteroatoms. The fourth-order valence-corrected chi connectivity index (χ4v) is 3.93. The van der Waals surface area contributed by atoms with Gasteiger partial charge in [-0.1, -0.05) is 24.6 Å². The summed E-state index contributed by atoms with van der Waals surface area (Å²) in [5, 5.41) is 28.9. The predicted molar refractivity (Wildman–Crippen MR) is 136 cm³/mol. The van der Waals surface area contributed by atoms with Crippen LogP contribution in [0.4, 0.5) is 0 Å². The molecule has 1 fully saturated rings. The number of aromatic nitrogens is 2. The molecule has 33 heavy (non-hydrogen) atoms. The van der Waals surface area contributed by atoms with Crippen LogP contribution in [-0.2, 0) is 7.05 Å². The molecule has 0 unspecified atom stereocenters. The molecule has 2 N–H and O–H groups in total. The van der Waals surface area contributed by atoms with Crippen LogP contribution in [0.25, 0.3) is 22.0 Å². The topological polar surface area (TPSA) is 78.0 Å². The van der Waals surface area contributed by atoms with Gasteiger partial charge >= 0.3 is 0 Å². The van der Waals surface area contributed by atoms with Crippen LogP contribution in [0.2, 0.25) is 0 Å². The van der Waals surface area contributed by atoms with Gasteiger partial charge in [-0.15, -0.1) is 10.2 Å². The summed E-state index contributed by atoms with van der Waals surface area (Å²) in [7, 11) is 1.92. The molecule has 0 radical (unpaired) electrons. The number of fused-ring (bicyclic) bond motifs is 1. The van der Waals surface area contributed by atoms with Crippen LogP contribution in [0, 0.1) is 0 Å². The third kappa shape index (κ3) is 5.31. The maximum absolute atomic E-state index is 10.9. The minimum absolute atomic E-state index is 0.188. The number of nitrogens with zero attached hydrogens (tertiary/aromatic N) is 5. The lowest BCUT2D eigenvalue weighted by atomic mass is 9.99. The summed E-state index contributed by atoms with van der Waals surface area (Å²) in [5.74, 6) is 1.07. The van der Waals surface area contributed by atoms with Gasteiger partial charge in [0.15, 0.2) is 0 Å². The molecule has 3 aromatic rings. The van der Waals surface area contributed by atoms with E-state index < -0.39 is 0 Å². The van der Waals surface area contributed by atoms with Crippen LogP contribution in [0.3, 0.4) is 0 Å². The molecule has 0 atom stereocenters. The second-order valence-electron chi connectivity index (χ2n) is 8.52. The predicted octanol–water partition coefficient (Wildman–Crippen LogP) is 4.33. The summed E-state index contributed by atoms with van der Waals surface area (Å²) < 4.78 is 1.81. The Hall–Kier alpha value is -3.45. The minimum Gasteiger partial charge on any atom is -0.507 e. The number of piperazine rings is 1. The van der Waals surface area contributed by atoms with E-state index in [-0.39, 0.29) is 5.75 Å². The van der Waals surface area contributed by atoms with Crippen molar-refractivity contribution in [3.05, 3.63) is 59.8 Å². The fraction of sp³-hybridized carbons (Fsp3) is 0.346. The molecule has 0 saturated carbocycles. The molecular formula is C26H32N6O. The number of amidine groups is 1. The van der Waals surface area contributed by atoms with Gasteiger partial charge in [0.25, 0.3) is 0 Å². The largest absolute Gasteiger partial charge is 0.507 e. The summed E-state index contributed by atoms with van der Waals surface area (Å²) in [4.78, 5) is 2.23.